The minimum absolute atomic E-state index is 0. The number of nitrogen functional groups attached to an aromatic ring is 1. The molecular formula is C24H27AcN3O4. The predicted octanol–water partition coefficient (Wildman–Crippen LogP) is 2.97. The molecule has 8 heteroatoms. The summed E-state index contributed by atoms with van der Waals surface area (Å²) >= 11 is 0. The van der Waals surface area contributed by atoms with Crippen LogP contribution in [0.15, 0.2) is 79.4 Å². The van der Waals surface area contributed by atoms with Crippen LogP contribution in [0.5, 0.6) is 5.75 Å². The second kappa shape index (κ2) is 15.3. The summed E-state index contributed by atoms with van der Waals surface area (Å²) in [6.45, 7) is 6.70. The quantitative estimate of drug-likeness (QED) is 0.0825. The van der Waals surface area contributed by atoms with Crippen LogP contribution in [-0.2, 0) is 4.79 Å². The molecule has 0 bridgehead atoms. The van der Waals surface area contributed by atoms with Crippen LogP contribution >= 0.6 is 0 Å². The van der Waals surface area contributed by atoms with Gasteiger partial charge in [0.1, 0.15) is 11.6 Å². The van der Waals surface area contributed by atoms with E-state index in [1.54, 1.807) is 71.7 Å². The summed E-state index contributed by atoms with van der Waals surface area (Å²) in [5, 5.41) is 7.37. The number of likely N-dealkylation sites (N-methyl/N-ethyl adjacent to an activating group) is 1. The van der Waals surface area contributed by atoms with Crippen molar-refractivity contribution in [3.63, 3.8) is 0 Å². The van der Waals surface area contributed by atoms with Crippen molar-refractivity contribution < 1.29 is 63.9 Å². The average molecular weight is 648 g/mol. The summed E-state index contributed by atoms with van der Waals surface area (Å²) in [6.07, 6.45) is 8.49. The predicted molar refractivity (Wildman–Crippen MR) is 123 cm³/mol. The molecule has 2 aromatic rings. The van der Waals surface area contributed by atoms with Crippen LogP contribution in [0.2, 0.25) is 0 Å². The molecule has 0 spiro atoms. The first-order valence-corrected chi connectivity index (χ1v) is 9.45. The molecule has 2 aromatic carbocycles. The molecule has 0 heterocycles. The molecule has 1 amide bonds. The Labute approximate surface area is 224 Å². The number of esters is 1. The third kappa shape index (κ3) is 9.31. The van der Waals surface area contributed by atoms with Gasteiger partial charge in [-0.1, -0.05) is 36.4 Å². The SMILES string of the molecule is C=CCN(CC)C(=O)/C=C/C=C/c1ccc(C(=O)Oc2ccc(C(=N)N)cc2)cc1.O.[Ac]. The van der Waals surface area contributed by atoms with Crippen LogP contribution in [0.25, 0.3) is 6.08 Å². The Morgan fingerprint density at radius 2 is 1.66 bits per heavy atom. The number of nitrogens with one attached hydrogen (secondary N) is 1. The van der Waals surface area contributed by atoms with Crippen LogP contribution in [0.1, 0.15) is 28.4 Å². The van der Waals surface area contributed by atoms with Gasteiger partial charge in [0.2, 0.25) is 5.91 Å². The van der Waals surface area contributed by atoms with Crippen molar-refractivity contribution in [3.05, 3.63) is 96.1 Å². The number of nitrogens with zero attached hydrogens (tertiary/aromatic N) is 1. The number of amides is 1. The smallest absolute Gasteiger partial charge is 0.343 e. The topological polar surface area (TPSA) is 128 Å². The van der Waals surface area contributed by atoms with Gasteiger partial charge in [-0.05, 0) is 48.9 Å². The molecule has 0 fully saturated rings. The minimum Gasteiger partial charge on any atom is -0.423 e. The van der Waals surface area contributed by atoms with Gasteiger partial charge in [-0.2, -0.15) is 0 Å². The molecule has 0 aliphatic heterocycles. The van der Waals surface area contributed by atoms with E-state index in [9.17, 15) is 9.59 Å². The van der Waals surface area contributed by atoms with E-state index in [-0.39, 0.29) is 61.3 Å². The van der Waals surface area contributed by atoms with E-state index in [4.69, 9.17) is 15.9 Å². The molecular weight excluding hydrogens is 621 g/mol. The number of amidine groups is 1. The normalized spacial score (nSPS) is 10.2. The van der Waals surface area contributed by atoms with E-state index in [2.05, 4.69) is 6.58 Å². The number of nitrogens with two attached hydrogens (primary N) is 1. The monoisotopic (exact) mass is 648 g/mol. The minimum atomic E-state index is -0.478. The fourth-order valence-corrected chi connectivity index (χ4v) is 2.54. The largest absolute Gasteiger partial charge is 0.423 e. The maximum atomic E-state index is 12.3. The van der Waals surface area contributed by atoms with Gasteiger partial charge in [-0.15, -0.1) is 6.58 Å². The van der Waals surface area contributed by atoms with Gasteiger partial charge in [0.05, 0.1) is 5.56 Å². The third-order valence-corrected chi connectivity index (χ3v) is 4.20. The summed E-state index contributed by atoms with van der Waals surface area (Å²) in [5.74, 6) is -0.221. The maximum absolute atomic E-state index is 12.3. The van der Waals surface area contributed by atoms with Crippen molar-refractivity contribution in [2.24, 2.45) is 5.73 Å². The molecule has 0 atom stereocenters. The van der Waals surface area contributed by atoms with Gasteiger partial charge >= 0.3 is 5.97 Å². The Bertz CT molecular complexity index is 968. The van der Waals surface area contributed by atoms with Crippen molar-refractivity contribution in [2.45, 2.75) is 6.92 Å². The molecule has 1 radical (unpaired) electrons. The van der Waals surface area contributed by atoms with E-state index in [0.29, 0.717) is 30.0 Å². The van der Waals surface area contributed by atoms with Crippen molar-refractivity contribution in [2.75, 3.05) is 13.1 Å². The zero-order chi connectivity index (χ0) is 21.9. The van der Waals surface area contributed by atoms with Crippen LogP contribution < -0.4 is 10.5 Å². The van der Waals surface area contributed by atoms with Gasteiger partial charge in [0.15, 0.2) is 0 Å². The standard InChI is InChI=1S/C24H25N3O3.Ac.H2O/c1-3-17-27(4-2)22(28)8-6-5-7-18-9-11-20(12-10-18)24(29)30-21-15-13-19(14-16-21)23(25)26;;/h3,5-16H,1,4,17H2,2H3,(H3,25,26);;1H2/b7-5+,8-6+;;. The summed E-state index contributed by atoms with van der Waals surface area (Å²) in [7, 11) is 0. The van der Waals surface area contributed by atoms with Crippen molar-refractivity contribution in [1.82, 2.24) is 4.90 Å². The summed E-state index contributed by atoms with van der Waals surface area (Å²) < 4.78 is 5.32. The van der Waals surface area contributed by atoms with Crippen LogP contribution in [0.4, 0.5) is 0 Å². The summed E-state index contributed by atoms with van der Waals surface area (Å²) in [6, 6.07) is 13.3. The molecule has 5 N–H and O–H groups in total. The number of allylic oxidation sites excluding steroid dienone is 2. The van der Waals surface area contributed by atoms with Gasteiger partial charge < -0.3 is 20.8 Å². The fourth-order valence-electron chi connectivity index (χ4n) is 2.54. The summed E-state index contributed by atoms with van der Waals surface area (Å²) in [4.78, 5) is 25.9. The second-order valence-corrected chi connectivity index (χ2v) is 6.33. The number of hydrogen-bond donors (Lipinski definition) is 2. The Kier molecular flexibility index (Phi) is 14.1. The number of ether oxygens (including phenoxy) is 1. The van der Waals surface area contributed by atoms with E-state index in [1.807, 2.05) is 13.0 Å². The number of carbonyl (C=O) groups is 2. The van der Waals surface area contributed by atoms with Gasteiger partial charge in [0, 0.05) is 68.8 Å². The fraction of sp³-hybridized carbons (Fsp3) is 0.125. The first-order valence-electron chi connectivity index (χ1n) is 9.45. The first kappa shape index (κ1) is 29.5. The van der Waals surface area contributed by atoms with Crippen LogP contribution in [0.3, 0.4) is 0 Å². The Hall–Kier alpha value is -2.53. The molecule has 0 saturated carbocycles. The van der Waals surface area contributed by atoms with Gasteiger partial charge in [0.25, 0.3) is 0 Å². The van der Waals surface area contributed by atoms with E-state index < -0.39 is 5.97 Å². The van der Waals surface area contributed by atoms with Crippen LogP contribution in [-0.4, -0.2) is 41.2 Å². The number of rotatable bonds is 9. The van der Waals surface area contributed by atoms with E-state index in [0.717, 1.165) is 5.56 Å². The second-order valence-electron chi connectivity index (χ2n) is 6.33. The first-order chi connectivity index (χ1) is 14.4. The molecule has 0 unspecified atom stereocenters. The van der Waals surface area contributed by atoms with Crippen LogP contribution in [0, 0.1) is 49.5 Å². The van der Waals surface area contributed by atoms with Crippen molar-refractivity contribution in [3.8, 4) is 5.75 Å². The van der Waals surface area contributed by atoms with Gasteiger partial charge in [-0.25, -0.2) is 4.79 Å². The number of hydrogen-bond acceptors (Lipinski definition) is 4. The van der Waals surface area contributed by atoms with E-state index in [1.165, 1.54) is 6.08 Å². The van der Waals surface area contributed by atoms with Gasteiger partial charge in [-0.3, -0.25) is 10.2 Å². The molecule has 0 saturated heterocycles. The van der Waals surface area contributed by atoms with Crippen molar-refractivity contribution in [1.29, 1.82) is 5.41 Å². The zero-order valence-electron chi connectivity index (χ0n) is 18.0. The molecule has 0 aromatic heterocycles. The molecule has 0 aliphatic carbocycles. The maximum Gasteiger partial charge on any atom is 0.343 e. The Morgan fingerprint density at radius 3 is 2.19 bits per heavy atom. The molecule has 7 nitrogen and oxygen atoms in total. The molecule has 32 heavy (non-hydrogen) atoms. The number of carbonyl (C=O) groups excluding carboxylic acids is 2. The van der Waals surface area contributed by atoms with Crippen molar-refractivity contribution >= 4 is 23.8 Å². The average Bonchev–Trinajstić information content (AvgIpc) is 2.75. The van der Waals surface area contributed by atoms with E-state index >= 15 is 0 Å². The molecule has 0 aliphatic rings. The summed E-state index contributed by atoms with van der Waals surface area (Å²) in [5.41, 5.74) is 7.26. The molecule has 165 valence electrons. The zero-order valence-corrected chi connectivity index (χ0v) is 22.7. The Balaban J connectivity index is 0.00000480. The third-order valence-electron chi connectivity index (χ3n) is 4.20. The molecule has 2 rings (SSSR count). The number of benzene rings is 2. The Morgan fingerprint density at radius 1 is 1.06 bits per heavy atom.